The zero-order chi connectivity index (χ0) is 24.0. The lowest BCUT2D eigenvalue weighted by atomic mass is 9.97. The van der Waals surface area contributed by atoms with Gasteiger partial charge in [0.05, 0.1) is 0 Å². The topological polar surface area (TPSA) is 0 Å². The van der Waals surface area contributed by atoms with Crippen LogP contribution in [0, 0.1) is 11.5 Å². The summed E-state index contributed by atoms with van der Waals surface area (Å²) in [6, 6.07) is 29.3. The predicted octanol–water partition coefficient (Wildman–Crippen LogP) is 9.87. The Hall–Kier alpha value is -3.08. The lowest BCUT2D eigenvalue weighted by Gasteiger charge is -2.38. The van der Waals surface area contributed by atoms with Crippen molar-refractivity contribution >= 4 is 51.2 Å². The first kappa shape index (κ1) is 22.7. The zero-order valence-corrected chi connectivity index (χ0v) is 22.2. The molecule has 5 rings (SSSR count). The van der Waals surface area contributed by atoms with Gasteiger partial charge in [-0.25, -0.2) is 0 Å². The summed E-state index contributed by atoms with van der Waals surface area (Å²) >= 11 is 0. The van der Waals surface area contributed by atoms with E-state index in [1.807, 2.05) is 0 Å². The first-order valence-corrected chi connectivity index (χ1v) is 14.8. The van der Waals surface area contributed by atoms with E-state index in [9.17, 15) is 0 Å². The molecule has 0 unspecified atom stereocenters. The minimum Gasteiger partial charge on any atom is -0.125 e. The maximum atomic E-state index is 3.88. The maximum absolute atomic E-state index is 3.88. The normalized spacial score (nSPS) is 12.4. The van der Waals surface area contributed by atoms with Gasteiger partial charge in [-0.05, 0) is 108 Å². The molecule has 0 radical (unpaired) electrons. The summed E-state index contributed by atoms with van der Waals surface area (Å²) in [5, 5.41) is 10.3. The van der Waals surface area contributed by atoms with Crippen LogP contribution < -0.4 is 0 Å². The molecule has 170 valence electrons. The number of fused-ring (bicyclic) bond motifs is 4. The molecule has 1 heteroatoms. The highest BCUT2D eigenvalue weighted by Crippen LogP contribution is 2.41. The van der Waals surface area contributed by atoms with Gasteiger partial charge in [-0.15, -0.1) is 5.54 Å². The van der Waals surface area contributed by atoms with Crippen molar-refractivity contribution in [1.29, 1.82) is 0 Å². The van der Waals surface area contributed by atoms with Crippen LogP contribution in [0.2, 0.25) is 16.6 Å². The van der Waals surface area contributed by atoms with Crippen molar-refractivity contribution in [3.8, 4) is 11.5 Å². The molecule has 0 nitrogen and oxygen atoms in total. The second-order valence-electron chi connectivity index (χ2n) is 10.8. The van der Waals surface area contributed by atoms with Gasteiger partial charge in [0.1, 0.15) is 8.07 Å². The van der Waals surface area contributed by atoms with Gasteiger partial charge in [-0.3, -0.25) is 0 Å². The summed E-state index contributed by atoms with van der Waals surface area (Å²) in [6.07, 6.45) is 0. The summed E-state index contributed by atoms with van der Waals surface area (Å²) in [5.41, 5.74) is 6.96. The van der Waals surface area contributed by atoms with Crippen molar-refractivity contribution in [2.24, 2.45) is 0 Å². The lowest BCUT2D eigenvalue weighted by Crippen LogP contribution is -2.43. The Morgan fingerprint density at radius 3 is 1.29 bits per heavy atom. The van der Waals surface area contributed by atoms with Gasteiger partial charge >= 0.3 is 0 Å². The molecular weight excluding hydrogens is 424 g/mol. The average Bonchev–Trinajstić information content (AvgIpc) is 2.79. The van der Waals surface area contributed by atoms with Crippen LogP contribution in [0.3, 0.4) is 0 Å². The SMILES string of the molecule is CC(C)[Si](C#Cc1ccc2cc3cc4cc5ccccc5cc4cc3cc2c1)(C(C)C)C(C)C. The Balaban J connectivity index is 1.63. The van der Waals surface area contributed by atoms with E-state index in [4.69, 9.17) is 0 Å². The zero-order valence-electron chi connectivity index (χ0n) is 21.2. The first-order chi connectivity index (χ1) is 16.3. The summed E-state index contributed by atoms with van der Waals surface area (Å²) < 4.78 is 0. The van der Waals surface area contributed by atoms with Crippen LogP contribution in [0.25, 0.3) is 43.1 Å². The molecule has 0 aliphatic carbocycles. The molecule has 0 saturated heterocycles. The molecule has 0 aliphatic heterocycles. The molecule has 0 atom stereocenters. The molecule has 0 N–H and O–H groups in total. The minimum absolute atomic E-state index is 0.647. The van der Waals surface area contributed by atoms with E-state index in [1.165, 1.54) is 43.1 Å². The van der Waals surface area contributed by atoms with Crippen molar-refractivity contribution < 1.29 is 0 Å². The summed E-state index contributed by atoms with van der Waals surface area (Å²) in [7, 11) is -1.74. The number of benzene rings is 5. The Labute approximate surface area is 205 Å². The third-order valence-corrected chi connectivity index (χ3v) is 14.2. The van der Waals surface area contributed by atoms with E-state index in [1.54, 1.807) is 0 Å². The molecule has 0 bridgehead atoms. The van der Waals surface area contributed by atoms with E-state index in [2.05, 4.69) is 132 Å². The van der Waals surface area contributed by atoms with Crippen LogP contribution in [0.15, 0.2) is 78.9 Å². The average molecular weight is 459 g/mol. The van der Waals surface area contributed by atoms with E-state index >= 15 is 0 Å². The fourth-order valence-corrected chi connectivity index (χ4v) is 11.4. The highest BCUT2D eigenvalue weighted by molar-refractivity contribution is 6.90. The molecule has 0 aromatic heterocycles. The Morgan fingerprint density at radius 2 is 0.853 bits per heavy atom. The Bertz CT molecular complexity index is 1570. The summed E-state index contributed by atoms with van der Waals surface area (Å²) in [4.78, 5) is 0. The second-order valence-corrected chi connectivity index (χ2v) is 16.4. The van der Waals surface area contributed by atoms with Gasteiger partial charge < -0.3 is 0 Å². The van der Waals surface area contributed by atoms with Crippen LogP contribution in [0.1, 0.15) is 47.1 Å². The van der Waals surface area contributed by atoms with E-state index < -0.39 is 8.07 Å². The number of rotatable bonds is 3. The van der Waals surface area contributed by atoms with Crippen LogP contribution >= 0.6 is 0 Å². The van der Waals surface area contributed by atoms with Crippen molar-refractivity contribution in [3.63, 3.8) is 0 Å². The molecule has 0 amide bonds. The number of hydrogen-bond donors (Lipinski definition) is 0. The molecule has 0 saturated carbocycles. The summed E-state index contributed by atoms with van der Waals surface area (Å²) in [6.45, 7) is 14.3. The molecular formula is C33H34Si. The van der Waals surface area contributed by atoms with Gasteiger partial charge in [0, 0.05) is 5.56 Å². The predicted molar refractivity (Wildman–Crippen MR) is 154 cm³/mol. The molecule has 34 heavy (non-hydrogen) atoms. The monoisotopic (exact) mass is 458 g/mol. The van der Waals surface area contributed by atoms with Crippen LogP contribution in [0.5, 0.6) is 0 Å². The van der Waals surface area contributed by atoms with Crippen molar-refractivity contribution in [3.05, 3.63) is 84.4 Å². The van der Waals surface area contributed by atoms with Gasteiger partial charge in [0.2, 0.25) is 0 Å². The van der Waals surface area contributed by atoms with Crippen LogP contribution in [-0.4, -0.2) is 8.07 Å². The fraction of sp³-hybridized carbons (Fsp3) is 0.273. The molecule has 0 fully saturated rings. The number of hydrogen-bond acceptors (Lipinski definition) is 0. The third kappa shape index (κ3) is 3.81. The van der Waals surface area contributed by atoms with E-state index in [-0.39, 0.29) is 0 Å². The molecule has 0 aliphatic rings. The third-order valence-electron chi connectivity index (χ3n) is 7.90. The van der Waals surface area contributed by atoms with Crippen LogP contribution in [0.4, 0.5) is 0 Å². The van der Waals surface area contributed by atoms with Gasteiger partial charge in [-0.1, -0.05) is 77.8 Å². The lowest BCUT2D eigenvalue weighted by molar-refractivity contribution is 0.838. The first-order valence-electron chi connectivity index (χ1n) is 12.6. The van der Waals surface area contributed by atoms with Crippen molar-refractivity contribution in [2.75, 3.05) is 0 Å². The molecule has 5 aromatic rings. The molecule has 0 heterocycles. The highest BCUT2D eigenvalue weighted by atomic mass is 28.3. The van der Waals surface area contributed by atoms with Gasteiger partial charge in [-0.2, -0.15) is 0 Å². The highest BCUT2D eigenvalue weighted by Gasteiger charge is 2.41. The van der Waals surface area contributed by atoms with E-state index in [0.717, 1.165) is 5.56 Å². The van der Waals surface area contributed by atoms with Gasteiger partial charge in [0.15, 0.2) is 0 Å². The smallest absolute Gasteiger partial charge is 0.125 e. The molecule has 5 aromatic carbocycles. The standard InChI is InChI=1S/C33H34Si/c1-22(2)34(23(3)4,24(5)6)14-13-25-11-12-28-18-32-20-30-16-26-9-7-8-10-27(26)17-31(30)21-33(32)19-29(28)15-25/h7-12,15-24H,1-6H3. The van der Waals surface area contributed by atoms with E-state index in [0.29, 0.717) is 16.6 Å². The Kier molecular flexibility index (Phi) is 5.74. The quantitative estimate of drug-likeness (QED) is 0.143. The van der Waals surface area contributed by atoms with Gasteiger partial charge in [0.25, 0.3) is 0 Å². The second kappa shape index (κ2) is 8.61. The maximum Gasteiger partial charge on any atom is 0.146 e. The minimum atomic E-state index is -1.74. The fourth-order valence-electron chi connectivity index (χ4n) is 6.13. The Morgan fingerprint density at radius 1 is 0.471 bits per heavy atom. The largest absolute Gasteiger partial charge is 0.146 e. The van der Waals surface area contributed by atoms with Crippen molar-refractivity contribution in [2.45, 2.75) is 58.2 Å². The summed E-state index contributed by atoms with van der Waals surface area (Å²) in [5.74, 6) is 3.63. The van der Waals surface area contributed by atoms with Crippen molar-refractivity contribution in [1.82, 2.24) is 0 Å². The van der Waals surface area contributed by atoms with Crippen LogP contribution in [-0.2, 0) is 0 Å². The molecule has 0 spiro atoms.